The van der Waals surface area contributed by atoms with Gasteiger partial charge >= 0.3 is 0 Å². The van der Waals surface area contributed by atoms with Crippen molar-refractivity contribution in [3.63, 3.8) is 0 Å². The Hall–Kier alpha value is -1.48. The molecule has 0 amide bonds. The Kier molecular flexibility index (Phi) is 2.64. The summed E-state index contributed by atoms with van der Waals surface area (Å²) in [5.41, 5.74) is 2.10. The summed E-state index contributed by atoms with van der Waals surface area (Å²) in [5, 5.41) is 7.99. The molecule has 1 aromatic carbocycles. The van der Waals surface area contributed by atoms with Crippen LogP contribution < -0.4 is 0 Å². The molecule has 0 atom stereocenters. The van der Waals surface area contributed by atoms with Crippen LogP contribution in [0.15, 0.2) is 30.3 Å². The van der Waals surface area contributed by atoms with Gasteiger partial charge in [-0.05, 0) is 42.8 Å². The molecule has 4 heteroatoms. The first-order valence-corrected chi connectivity index (χ1v) is 4.80. The lowest BCUT2D eigenvalue weighted by Crippen LogP contribution is -1.89. The fraction of sp³-hybridized carbons (Fsp3) is 0.0909. The van der Waals surface area contributed by atoms with Crippen LogP contribution in [0.2, 0.25) is 5.15 Å². The van der Waals surface area contributed by atoms with Crippen molar-refractivity contribution < 1.29 is 4.39 Å². The van der Waals surface area contributed by atoms with E-state index in [1.54, 1.807) is 31.2 Å². The van der Waals surface area contributed by atoms with E-state index in [1.165, 1.54) is 6.07 Å². The minimum atomic E-state index is -0.222. The SMILES string of the molecule is Cc1cc(-c2ccc(Cl)nn2)ccc1F. The van der Waals surface area contributed by atoms with Gasteiger partial charge in [0.05, 0.1) is 5.69 Å². The van der Waals surface area contributed by atoms with E-state index in [4.69, 9.17) is 11.6 Å². The number of halogens is 2. The normalized spacial score (nSPS) is 10.3. The fourth-order valence-electron chi connectivity index (χ4n) is 1.27. The van der Waals surface area contributed by atoms with Crippen molar-refractivity contribution >= 4 is 11.6 Å². The van der Waals surface area contributed by atoms with Gasteiger partial charge in [0, 0.05) is 5.56 Å². The molecule has 0 bridgehead atoms. The van der Waals surface area contributed by atoms with Crippen LogP contribution in [0, 0.1) is 12.7 Å². The lowest BCUT2D eigenvalue weighted by molar-refractivity contribution is 0.618. The third-order valence-corrected chi connectivity index (χ3v) is 2.29. The number of hydrogen-bond donors (Lipinski definition) is 0. The van der Waals surface area contributed by atoms with Crippen molar-refractivity contribution in [2.45, 2.75) is 6.92 Å². The Balaban J connectivity index is 2.45. The maximum Gasteiger partial charge on any atom is 0.151 e. The predicted octanol–water partition coefficient (Wildman–Crippen LogP) is 3.24. The Morgan fingerprint density at radius 2 is 1.93 bits per heavy atom. The Bertz CT molecular complexity index is 482. The summed E-state index contributed by atoms with van der Waals surface area (Å²) in [6, 6.07) is 8.22. The van der Waals surface area contributed by atoms with Gasteiger partial charge in [-0.1, -0.05) is 11.6 Å². The van der Waals surface area contributed by atoms with Gasteiger partial charge in [0.2, 0.25) is 0 Å². The molecular formula is C11H8ClFN2. The Morgan fingerprint density at radius 1 is 1.13 bits per heavy atom. The van der Waals surface area contributed by atoms with E-state index in [0.717, 1.165) is 5.56 Å². The maximum absolute atomic E-state index is 13.0. The summed E-state index contributed by atoms with van der Waals surface area (Å²) in [6.07, 6.45) is 0. The van der Waals surface area contributed by atoms with Crippen LogP contribution in [0.4, 0.5) is 4.39 Å². The quantitative estimate of drug-likeness (QED) is 0.740. The molecule has 0 saturated carbocycles. The van der Waals surface area contributed by atoms with Crippen LogP contribution in [0.5, 0.6) is 0 Å². The second kappa shape index (κ2) is 3.95. The van der Waals surface area contributed by atoms with Crippen LogP contribution in [0.25, 0.3) is 11.3 Å². The molecule has 0 saturated heterocycles. The number of benzene rings is 1. The molecule has 0 N–H and O–H groups in total. The average Bonchev–Trinajstić information content (AvgIpc) is 2.23. The van der Waals surface area contributed by atoms with E-state index in [2.05, 4.69) is 10.2 Å². The van der Waals surface area contributed by atoms with Crippen molar-refractivity contribution in [1.29, 1.82) is 0 Å². The monoisotopic (exact) mass is 222 g/mol. The summed E-state index contributed by atoms with van der Waals surface area (Å²) in [5.74, 6) is -0.222. The molecule has 0 aliphatic carbocycles. The van der Waals surface area contributed by atoms with E-state index in [1.807, 2.05) is 0 Å². The summed E-state index contributed by atoms with van der Waals surface area (Å²) in [4.78, 5) is 0. The molecule has 0 radical (unpaired) electrons. The van der Waals surface area contributed by atoms with Gasteiger partial charge in [0.25, 0.3) is 0 Å². The number of aryl methyl sites for hydroxylation is 1. The highest BCUT2D eigenvalue weighted by molar-refractivity contribution is 6.29. The minimum absolute atomic E-state index is 0.222. The molecule has 0 unspecified atom stereocenters. The van der Waals surface area contributed by atoms with E-state index in [-0.39, 0.29) is 5.82 Å². The minimum Gasteiger partial charge on any atom is -0.207 e. The van der Waals surface area contributed by atoms with Crippen molar-refractivity contribution in [2.75, 3.05) is 0 Å². The van der Waals surface area contributed by atoms with Crippen LogP contribution in [0.1, 0.15) is 5.56 Å². The molecular weight excluding hydrogens is 215 g/mol. The first kappa shape index (κ1) is 10.1. The molecule has 0 aliphatic heterocycles. The smallest absolute Gasteiger partial charge is 0.151 e. The highest BCUT2D eigenvalue weighted by atomic mass is 35.5. The topological polar surface area (TPSA) is 25.8 Å². The fourth-order valence-corrected chi connectivity index (χ4v) is 1.37. The average molecular weight is 223 g/mol. The molecule has 76 valence electrons. The standard InChI is InChI=1S/C11H8ClFN2/c1-7-6-8(2-3-9(7)13)10-4-5-11(12)15-14-10/h2-6H,1H3. The van der Waals surface area contributed by atoms with Gasteiger partial charge in [-0.3, -0.25) is 0 Å². The van der Waals surface area contributed by atoms with Gasteiger partial charge in [-0.2, -0.15) is 0 Å². The predicted molar refractivity (Wildman–Crippen MR) is 57.2 cm³/mol. The highest BCUT2D eigenvalue weighted by Gasteiger charge is 2.03. The summed E-state index contributed by atoms with van der Waals surface area (Å²) in [7, 11) is 0. The Labute approximate surface area is 91.7 Å². The molecule has 1 aromatic heterocycles. The van der Waals surface area contributed by atoms with Crippen molar-refractivity contribution in [3.8, 4) is 11.3 Å². The molecule has 0 aliphatic rings. The molecule has 2 aromatic rings. The van der Waals surface area contributed by atoms with Crippen LogP contribution in [-0.2, 0) is 0 Å². The first-order valence-electron chi connectivity index (χ1n) is 4.42. The first-order chi connectivity index (χ1) is 7.16. The lowest BCUT2D eigenvalue weighted by Gasteiger charge is -2.01. The highest BCUT2D eigenvalue weighted by Crippen LogP contribution is 2.19. The molecule has 2 rings (SSSR count). The molecule has 2 nitrogen and oxygen atoms in total. The molecule has 0 spiro atoms. The van der Waals surface area contributed by atoms with Crippen molar-refractivity contribution in [2.24, 2.45) is 0 Å². The molecule has 15 heavy (non-hydrogen) atoms. The van der Waals surface area contributed by atoms with E-state index < -0.39 is 0 Å². The van der Waals surface area contributed by atoms with Gasteiger partial charge in [0.15, 0.2) is 5.15 Å². The number of aromatic nitrogens is 2. The third kappa shape index (κ3) is 2.13. The largest absolute Gasteiger partial charge is 0.207 e. The summed E-state index contributed by atoms with van der Waals surface area (Å²) in [6.45, 7) is 1.71. The van der Waals surface area contributed by atoms with Gasteiger partial charge in [-0.15, -0.1) is 10.2 Å². The van der Waals surface area contributed by atoms with Gasteiger partial charge in [0.1, 0.15) is 5.82 Å². The van der Waals surface area contributed by atoms with E-state index >= 15 is 0 Å². The summed E-state index contributed by atoms with van der Waals surface area (Å²) < 4.78 is 13.0. The zero-order chi connectivity index (χ0) is 10.8. The zero-order valence-corrected chi connectivity index (χ0v) is 8.79. The lowest BCUT2D eigenvalue weighted by atomic mass is 10.1. The van der Waals surface area contributed by atoms with Crippen LogP contribution in [0.3, 0.4) is 0 Å². The third-order valence-electron chi connectivity index (χ3n) is 2.09. The Morgan fingerprint density at radius 3 is 2.53 bits per heavy atom. The van der Waals surface area contributed by atoms with E-state index in [0.29, 0.717) is 16.4 Å². The second-order valence-electron chi connectivity index (χ2n) is 3.21. The van der Waals surface area contributed by atoms with Crippen LogP contribution in [-0.4, -0.2) is 10.2 Å². The van der Waals surface area contributed by atoms with Crippen molar-refractivity contribution in [3.05, 3.63) is 46.9 Å². The van der Waals surface area contributed by atoms with Crippen LogP contribution >= 0.6 is 11.6 Å². The number of hydrogen-bond acceptors (Lipinski definition) is 2. The zero-order valence-electron chi connectivity index (χ0n) is 8.04. The maximum atomic E-state index is 13.0. The second-order valence-corrected chi connectivity index (χ2v) is 3.59. The molecule has 0 fully saturated rings. The summed E-state index contributed by atoms with van der Waals surface area (Å²) >= 11 is 5.62. The van der Waals surface area contributed by atoms with Crippen molar-refractivity contribution in [1.82, 2.24) is 10.2 Å². The van der Waals surface area contributed by atoms with Gasteiger partial charge < -0.3 is 0 Å². The van der Waals surface area contributed by atoms with E-state index in [9.17, 15) is 4.39 Å². The molecule has 1 heterocycles. The number of rotatable bonds is 1. The number of nitrogens with zero attached hydrogens (tertiary/aromatic N) is 2. The van der Waals surface area contributed by atoms with Gasteiger partial charge in [-0.25, -0.2) is 4.39 Å².